The van der Waals surface area contributed by atoms with Crippen LogP contribution in [0.4, 0.5) is 5.82 Å². The summed E-state index contributed by atoms with van der Waals surface area (Å²) in [5.74, 6) is 0.970. The maximum atomic E-state index is 4.50. The van der Waals surface area contributed by atoms with Crippen molar-refractivity contribution < 1.29 is 0 Å². The van der Waals surface area contributed by atoms with Gasteiger partial charge in [0, 0.05) is 17.7 Å². The number of benzene rings is 1. The SMILES string of the molecule is CCCNc1ncnc(-c2ccccc2C)c1CC. The van der Waals surface area contributed by atoms with E-state index >= 15 is 0 Å². The number of anilines is 1. The maximum absolute atomic E-state index is 4.50. The molecular weight excluding hydrogens is 234 g/mol. The highest BCUT2D eigenvalue weighted by molar-refractivity contribution is 5.70. The Labute approximate surface area is 115 Å². The van der Waals surface area contributed by atoms with Gasteiger partial charge in [-0.3, -0.25) is 0 Å². The molecule has 0 atom stereocenters. The summed E-state index contributed by atoms with van der Waals surface area (Å²) in [5, 5.41) is 3.39. The summed E-state index contributed by atoms with van der Waals surface area (Å²) >= 11 is 0. The summed E-state index contributed by atoms with van der Waals surface area (Å²) in [6.07, 6.45) is 3.67. The molecule has 0 aliphatic heterocycles. The lowest BCUT2D eigenvalue weighted by Crippen LogP contribution is -2.07. The van der Waals surface area contributed by atoms with Crippen LogP contribution >= 0.6 is 0 Å². The van der Waals surface area contributed by atoms with Gasteiger partial charge in [-0.05, 0) is 25.3 Å². The van der Waals surface area contributed by atoms with E-state index in [1.165, 1.54) is 16.7 Å². The molecule has 1 aromatic heterocycles. The molecule has 1 heterocycles. The number of nitrogens with zero attached hydrogens (tertiary/aromatic N) is 2. The van der Waals surface area contributed by atoms with Crippen LogP contribution < -0.4 is 5.32 Å². The Balaban J connectivity index is 2.49. The van der Waals surface area contributed by atoms with Crippen molar-refractivity contribution in [1.29, 1.82) is 0 Å². The predicted octanol–water partition coefficient (Wildman–Crippen LogP) is 3.84. The Kier molecular flexibility index (Phi) is 4.50. The van der Waals surface area contributed by atoms with Crippen molar-refractivity contribution in [3.63, 3.8) is 0 Å². The van der Waals surface area contributed by atoms with Crippen LogP contribution in [0.2, 0.25) is 0 Å². The summed E-state index contributed by atoms with van der Waals surface area (Å²) in [6.45, 7) is 7.37. The van der Waals surface area contributed by atoms with E-state index < -0.39 is 0 Å². The summed E-state index contributed by atoms with van der Waals surface area (Å²) in [5.41, 5.74) is 4.69. The molecule has 0 saturated carbocycles. The molecule has 1 aromatic carbocycles. The molecule has 1 N–H and O–H groups in total. The fourth-order valence-corrected chi connectivity index (χ4v) is 2.21. The molecular formula is C16H21N3. The minimum atomic E-state index is 0.927. The molecule has 0 amide bonds. The Morgan fingerprint density at radius 3 is 2.58 bits per heavy atom. The zero-order valence-electron chi connectivity index (χ0n) is 11.9. The average molecular weight is 255 g/mol. The van der Waals surface area contributed by atoms with E-state index in [-0.39, 0.29) is 0 Å². The van der Waals surface area contributed by atoms with Crippen LogP contribution in [0.1, 0.15) is 31.4 Å². The first kappa shape index (κ1) is 13.5. The molecule has 0 aliphatic rings. The van der Waals surface area contributed by atoms with Gasteiger partial charge in [0.15, 0.2) is 0 Å². The lowest BCUT2D eigenvalue weighted by Gasteiger charge is -2.14. The van der Waals surface area contributed by atoms with Crippen molar-refractivity contribution >= 4 is 5.82 Å². The molecule has 2 aromatic rings. The largest absolute Gasteiger partial charge is 0.370 e. The van der Waals surface area contributed by atoms with E-state index in [0.29, 0.717) is 0 Å². The highest BCUT2D eigenvalue weighted by Crippen LogP contribution is 2.28. The lowest BCUT2D eigenvalue weighted by molar-refractivity contribution is 0.949. The van der Waals surface area contributed by atoms with E-state index in [9.17, 15) is 0 Å². The van der Waals surface area contributed by atoms with Crippen molar-refractivity contribution in [1.82, 2.24) is 9.97 Å². The molecule has 0 saturated heterocycles. The Bertz CT molecular complexity index is 549. The number of hydrogen-bond donors (Lipinski definition) is 1. The third kappa shape index (κ3) is 2.92. The third-order valence-electron chi connectivity index (χ3n) is 3.24. The molecule has 19 heavy (non-hydrogen) atoms. The molecule has 0 radical (unpaired) electrons. The van der Waals surface area contributed by atoms with Crippen LogP contribution in [0.15, 0.2) is 30.6 Å². The first-order chi connectivity index (χ1) is 9.27. The van der Waals surface area contributed by atoms with Gasteiger partial charge in [-0.25, -0.2) is 9.97 Å². The molecule has 100 valence electrons. The molecule has 0 fully saturated rings. The van der Waals surface area contributed by atoms with Crippen LogP contribution in [0.5, 0.6) is 0 Å². The van der Waals surface area contributed by atoms with Crippen molar-refractivity contribution in [2.24, 2.45) is 0 Å². The highest BCUT2D eigenvalue weighted by Gasteiger charge is 2.12. The van der Waals surface area contributed by atoms with Gasteiger partial charge < -0.3 is 5.32 Å². The molecule has 3 heteroatoms. The number of aryl methyl sites for hydroxylation is 1. The molecule has 0 aliphatic carbocycles. The zero-order chi connectivity index (χ0) is 13.7. The van der Waals surface area contributed by atoms with Crippen LogP contribution in [0.3, 0.4) is 0 Å². The Morgan fingerprint density at radius 2 is 1.89 bits per heavy atom. The van der Waals surface area contributed by atoms with E-state index in [2.05, 4.69) is 60.3 Å². The van der Waals surface area contributed by atoms with Gasteiger partial charge in [0.2, 0.25) is 0 Å². The fourth-order valence-electron chi connectivity index (χ4n) is 2.21. The Morgan fingerprint density at radius 1 is 1.11 bits per heavy atom. The smallest absolute Gasteiger partial charge is 0.133 e. The second-order valence-electron chi connectivity index (χ2n) is 4.64. The summed E-state index contributed by atoms with van der Waals surface area (Å²) in [7, 11) is 0. The summed E-state index contributed by atoms with van der Waals surface area (Å²) in [4.78, 5) is 8.88. The van der Waals surface area contributed by atoms with Gasteiger partial charge in [0.05, 0.1) is 5.69 Å². The predicted molar refractivity (Wildman–Crippen MR) is 80.4 cm³/mol. The van der Waals surface area contributed by atoms with Crippen LogP contribution in [0.25, 0.3) is 11.3 Å². The van der Waals surface area contributed by atoms with Gasteiger partial charge in [-0.1, -0.05) is 38.1 Å². The monoisotopic (exact) mass is 255 g/mol. The zero-order valence-corrected chi connectivity index (χ0v) is 11.9. The van der Waals surface area contributed by atoms with Crippen molar-refractivity contribution in [2.75, 3.05) is 11.9 Å². The molecule has 0 bridgehead atoms. The van der Waals surface area contributed by atoms with E-state index in [4.69, 9.17) is 0 Å². The van der Waals surface area contributed by atoms with Gasteiger partial charge in [-0.15, -0.1) is 0 Å². The first-order valence-electron chi connectivity index (χ1n) is 6.91. The fraction of sp³-hybridized carbons (Fsp3) is 0.375. The van der Waals surface area contributed by atoms with Gasteiger partial charge in [-0.2, -0.15) is 0 Å². The van der Waals surface area contributed by atoms with Crippen LogP contribution in [-0.2, 0) is 6.42 Å². The van der Waals surface area contributed by atoms with E-state index in [1.54, 1.807) is 6.33 Å². The molecule has 3 nitrogen and oxygen atoms in total. The van der Waals surface area contributed by atoms with Gasteiger partial charge in [0.1, 0.15) is 12.1 Å². The van der Waals surface area contributed by atoms with E-state index in [1.807, 2.05) is 0 Å². The second kappa shape index (κ2) is 6.32. The average Bonchev–Trinajstić information content (AvgIpc) is 2.45. The highest BCUT2D eigenvalue weighted by atomic mass is 15.0. The van der Waals surface area contributed by atoms with Crippen molar-refractivity contribution in [2.45, 2.75) is 33.6 Å². The minimum Gasteiger partial charge on any atom is -0.370 e. The molecule has 2 rings (SSSR count). The second-order valence-corrected chi connectivity index (χ2v) is 4.64. The quantitative estimate of drug-likeness (QED) is 0.882. The third-order valence-corrected chi connectivity index (χ3v) is 3.24. The molecule has 0 unspecified atom stereocenters. The lowest BCUT2D eigenvalue weighted by atomic mass is 10.0. The molecule has 0 spiro atoms. The van der Waals surface area contributed by atoms with Gasteiger partial charge in [0.25, 0.3) is 0 Å². The number of aromatic nitrogens is 2. The van der Waals surface area contributed by atoms with Crippen LogP contribution in [-0.4, -0.2) is 16.5 Å². The standard InChI is InChI=1S/C16H21N3/c1-4-10-17-16-13(5-2)15(18-11-19-16)14-9-7-6-8-12(14)3/h6-9,11H,4-5,10H2,1-3H3,(H,17,18,19). The minimum absolute atomic E-state index is 0.927. The summed E-state index contributed by atoms with van der Waals surface area (Å²) in [6, 6.07) is 8.36. The van der Waals surface area contributed by atoms with E-state index in [0.717, 1.165) is 30.9 Å². The maximum Gasteiger partial charge on any atom is 0.133 e. The van der Waals surface area contributed by atoms with Crippen molar-refractivity contribution in [3.8, 4) is 11.3 Å². The Hall–Kier alpha value is -1.90. The van der Waals surface area contributed by atoms with Crippen LogP contribution in [0, 0.1) is 6.92 Å². The number of hydrogen-bond acceptors (Lipinski definition) is 3. The topological polar surface area (TPSA) is 37.8 Å². The summed E-state index contributed by atoms with van der Waals surface area (Å²) < 4.78 is 0. The normalized spacial score (nSPS) is 10.5. The van der Waals surface area contributed by atoms with Crippen molar-refractivity contribution in [3.05, 3.63) is 41.7 Å². The van der Waals surface area contributed by atoms with Gasteiger partial charge >= 0.3 is 0 Å². The number of nitrogens with one attached hydrogen (secondary N) is 1. The number of rotatable bonds is 5. The first-order valence-corrected chi connectivity index (χ1v) is 6.91.